The molecule has 3 rings (SSSR count). The van der Waals surface area contributed by atoms with Gasteiger partial charge in [-0.05, 0) is 50.6 Å². The monoisotopic (exact) mass is 310 g/mol. The summed E-state index contributed by atoms with van der Waals surface area (Å²) < 4.78 is 16.0. The minimum Gasteiger partial charge on any atom is -0.404 e. The lowest BCUT2D eigenvalue weighted by Gasteiger charge is -2.19. The number of fused-ring (bicyclic) bond motifs is 1. The van der Waals surface area contributed by atoms with Crippen molar-refractivity contribution < 1.29 is 18.9 Å². The van der Waals surface area contributed by atoms with Crippen molar-refractivity contribution in [2.45, 2.75) is 25.3 Å². The van der Waals surface area contributed by atoms with Crippen LogP contribution in [-0.4, -0.2) is 39.3 Å². The van der Waals surface area contributed by atoms with E-state index in [0.29, 0.717) is 6.04 Å². The minimum absolute atomic E-state index is 0.234. The summed E-state index contributed by atoms with van der Waals surface area (Å²) in [4.78, 5) is 23.6. The fraction of sp³-hybridized carbons (Fsp3) is 0.429. The molecule has 2 heterocycles. The van der Waals surface area contributed by atoms with Crippen molar-refractivity contribution in [2.75, 3.05) is 13.6 Å². The maximum absolute atomic E-state index is 11.1. The standard InChI is InChI=1S/C14H19N2O4P/c1-16-7-3-4-11(16)8-10-9-15-12-5-2-6-13(14(10)12)20-21(17,18)19/h2,5-6,9,11,15H,3-4,7-8H2,1H3,(H2,17,18,19)/t11-/m1/s1. The second kappa shape index (κ2) is 5.46. The van der Waals surface area contributed by atoms with E-state index >= 15 is 0 Å². The zero-order valence-corrected chi connectivity index (χ0v) is 12.7. The number of phosphoric acid groups is 1. The number of nitrogens with zero attached hydrogens (tertiary/aromatic N) is 1. The average Bonchev–Trinajstić information content (AvgIpc) is 2.97. The highest BCUT2D eigenvalue weighted by molar-refractivity contribution is 7.46. The number of rotatable bonds is 4. The van der Waals surface area contributed by atoms with E-state index in [1.54, 1.807) is 12.1 Å². The van der Waals surface area contributed by atoms with Crippen molar-refractivity contribution in [3.8, 4) is 5.75 Å². The highest BCUT2D eigenvalue weighted by Gasteiger charge is 2.24. The Bertz CT molecular complexity index is 693. The molecule has 7 heteroatoms. The Morgan fingerprint density at radius 1 is 1.48 bits per heavy atom. The summed E-state index contributed by atoms with van der Waals surface area (Å²) >= 11 is 0. The topological polar surface area (TPSA) is 85.8 Å². The van der Waals surface area contributed by atoms with Crippen LogP contribution in [0.15, 0.2) is 24.4 Å². The Morgan fingerprint density at radius 2 is 2.29 bits per heavy atom. The molecule has 1 saturated heterocycles. The lowest BCUT2D eigenvalue weighted by atomic mass is 10.0. The van der Waals surface area contributed by atoms with Gasteiger partial charge in [0, 0.05) is 23.1 Å². The largest absolute Gasteiger partial charge is 0.524 e. The third-order valence-electron chi connectivity index (χ3n) is 4.09. The van der Waals surface area contributed by atoms with Gasteiger partial charge in [0.2, 0.25) is 0 Å². The highest BCUT2D eigenvalue weighted by atomic mass is 31.2. The molecule has 1 aliphatic heterocycles. The summed E-state index contributed by atoms with van der Waals surface area (Å²) in [6, 6.07) is 5.66. The van der Waals surface area contributed by atoms with E-state index in [0.717, 1.165) is 35.9 Å². The molecule has 0 unspecified atom stereocenters. The first-order valence-corrected chi connectivity index (χ1v) is 8.51. The van der Waals surface area contributed by atoms with Crippen molar-refractivity contribution >= 4 is 18.7 Å². The van der Waals surface area contributed by atoms with Crippen LogP contribution in [0.3, 0.4) is 0 Å². The Balaban J connectivity index is 1.97. The Labute approximate surface area is 123 Å². The van der Waals surface area contributed by atoms with Crippen LogP contribution in [0.5, 0.6) is 5.75 Å². The maximum Gasteiger partial charge on any atom is 0.524 e. The molecule has 3 N–H and O–H groups in total. The van der Waals surface area contributed by atoms with Gasteiger partial charge in [0.25, 0.3) is 0 Å². The molecule has 6 nitrogen and oxygen atoms in total. The molecule has 0 radical (unpaired) electrons. The number of benzene rings is 1. The molecule has 0 spiro atoms. The molecule has 1 aromatic carbocycles. The van der Waals surface area contributed by atoms with Crippen LogP contribution in [0, 0.1) is 0 Å². The van der Waals surface area contributed by atoms with E-state index in [1.807, 2.05) is 12.3 Å². The smallest absolute Gasteiger partial charge is 0.404 e. The normalized spacial score (nSPS) is 20.2. The lowest BCUT2D eigenvalue weighted by molar-refractivity contribution is 0.284. The molecule has 0 amide bonds. The first-order valence-electron chi connectivity index (χ1n) is 6.98. The summed E-state index contributed by atoms with van der Waals surface area (Å²) in [5.74, 6) is 0.234. The molecule has 0 aliphatic carbocycles. The van der Waals surface area contributed by atoms with Crippen molar-refractivity contribution in [3.05, 3.63) is 30.0 Å². The number of aromatic nitrogens is 1. The first kappa shape index (κ1) is 14.6. The number of aromatic amines is 1. The van der Waals surface area contributed by atoms with E-state index in [-0.39, 0.29) is 5.75 Å². The molecule has 1 aromatic heterocycles. The second-order valence-electron chi connectivity index (χ2n) is 5.56. The third-order valence-corrected chi connectivity index (χ3v) is 4.53. The van der Waals surface area contributed by atoms with Crippen LogP contribution in [0.25, 0.3) is 10.9 Å². The fourth-order valence-corrected chi connectivity index (χ4v) is 3.48. The Kier molecular flexibility index (Phi) is 3.80. The summed E-state index contributed by atoms with van der Waals surface area (Å²) in [5, 5.41) is 0.765. The molecule has 2 aromatic rings. The van der Waals surface area contributed by atoms with Crippen molar-refractivity contribution in [1.29, 1.82) is 0 Å². The van der Waals surface area contributed by atoms with Crippen LogP contribution in [0.1, 0.15) is 18.4 Å². The predicted molar refractivity (Wildman–Crippen MR) is 80.3 cm³/mol. The number of likely N-dealkylation sites (tertiary alicyclic amines) is 1. The zero-order chi connectivity index (χ0) is 15.0. The van der Waals surface area contributed by atoms with Gasteiger partial charge < -0.3 is 14.4 Å². The number of phosphoric ester groups is 1. The third kappa shape index (κ3) is 3.14. The first-order chi connectivity index (χ1) is 9.94. The number of likely N-dealkylation sites (N-methyl/N-ethyl adjacent to an activating group) is 1. The van der Waals surface area contributed by atoms with Crippen LogP contribution in [0.2, 0.25) is 0 Å². The van der Waals surface area contributed by atoms with Crippen LogP contribution in [0.4, 0.5) is 0 Å². The number of nitrogens with one attached hydrogen (secondary N) is 1. The van der Waals surface area contributed by atoms with Gasteiger partial charge in [0.15, 0.2) is 0 Å². The van der Waals surface area contributed by atoms with E-state index in [2.05, 4.69) is 16.9 Å². The zero-order valence-electron chi connectivity index (χ0n) is 11.8. The summed E-state index contributed by atoms with van der Waals surface area (Å²) in [7, 11) is -2.45. The predicted octanol–water partition coefficient (Wildman–Crippen LogP) is 2.28. The van der Waals surface area contributed by atoms with Gasteiger partial charge in [0.1, 0.15) is 5.75 Å². The molecule has 1 atom stereocenters. The van der Waals surface area contributed by atoms with E-state index in [9.17, 15) is 4.57 Å². The van der Waals surface area contributed by atoms with Crippen LogP contribution < -0.4 is 4.52 Å². The summed E-state index contributed by atoms with van der Waals surface area (Å²) in [5.41, 5.74) is 1.87. The molecular weight excluding hydrogens is 291 g/mol. The van der Waals surface area contributed by atoms with Gasteiger partial charge in [-0.3, -0.25) is 9.79 Å². The van der Waals surface area contributed by atoms with E-state index in [1.165, 1.54) is 6.42 Å². The van der Waals surface area contributed by atoms with Crippen molar-refractivity contribution in [2.24, 2.45) is 0 Å². The number of H-pyrrole nitrogens is 1. The highest BCUT2D eigenvalue weighted by Crippen LogP contribution is 2.42. The minimum atomic E-state index is -4.56. The summed E-state index contributed by atoms with van der Waals surface area (Å²) in [6.45, 7) is 1.10. The Morgan fingerprint density at radius 3 is 2.95 bits per heavy atom. The SMILES string of the molecule is CN1CCC[C@@H]1Cc1c[nH]c2cccc(OP(=O)(O)O)c12. The average molecular weight is 310 g/mol. The molecule has 0 bridgehead atoms. The van der Waals surface area contributed by atoms with Gasteiger partial charge in [-0.15, -0.1) is 0 Å². The molecule has 1 aliphatic rings. The van der Waals surface area contributed by atoms with Gasteiger partial charge in [-0.2, -0.15) is 0 Å². The molecule has 1 fully saturated rings. The van der Waals surface area contributed by atoms with Gasteiger partial charge in [-0.25, -0.2) is 4.57 Å². The molecule has 21 heavy (non-hydrogen) atoms. The number of hydrogen-bond donors (Lipinski definition) is 3. The fourth-order valence-electron chi connectivity index (χ4n) is 3.08. The van der Waals surface area contributed by atoms with Crippen LogP contribution in [-0.2, 0) is 11.0 Å². The summed E-state index contributed by atoms with van der Waals surface area (Å²) in [6.07, 6.45) is 5.08. The Hall–Kier alpha value is -1.33. The van der Waals surface area contributed by atoms with Gasteiger partial charge >= 0.3 is 7.82 Å². The van der Waals surface area contributed by atoms with Crippen LogP contribution >= 0.6 is 7.82 Å². The van der Waals surface area contributed by atoms with Crippen molar-refractivity contribution in [3.63, 3.8) is 0 Å². The van der Waals surface area contributed by atoms with E-state index < -0.39 is 7.82 Å². The molecule has 0 saturated carbocycles. The molecule has 114 valence electrons. The number of hydrogen-bond acceptors (Lipinski definition) is 3. The maximum atomic E-state index is 11.1. The quantitative estimate of drug-likeness (QED) is 0.754. The van der Waals surface area contributed by atoms with Gasteiger partial charge in [-0.1, -0.05) is 6.07 Å². The van der Waals surface area contributed by atoms with E-state index in [4.69, 9.17) is 14.3 Å². The molecular formula is C14H19N2O4P. The van der Waals surface area contributed by atoms with Gasteiger partial charge in [0.05, 0.1) is 0 Å². The van der Waals surface area contributed by atoms with Crippen molar-refractivity contribution in [1.82, 2.24) is 9.88 Å². The second-order valence-corrected chi connectivity index (χ2v) is 6.72. The lowest BCUT2D eigenvalue weighted by Crippen LogP contribution is -2.26.